The van der Waals surface area contributed by atoms with Crippen molar-refractivity contribution in [1.29, 1.82) is 0 Å². The van der Waals surface area contributed by atoms with Gasteiger partial charge in [-0.1, -0.05) is 55.5 Å². The molecule has 0 saturated heterocycles. The van der Waals surface area contributed by atoms with Crippen molar-refractivity contribution in [3.63, 3.8) is 0 Å². The summed E-state index contributed by atoms with van der Waals surface area (Å²) in [7, 11) is 0. The number of carbonyl (C=O) groups excluding carboxylic acids is 2. The highest BCUT2D eigenvalue weighted by molar-refractivity contribution is 5.79. The molecule has 7 nitrogen and oxygen atoms in total. The number of ether oxygens (including phenoxy) is 1. The largest absolute Gasteiger partial charge is 0.481 e. The van der Waals surface area contributed by atoms with Gasteiger partial charge < -0.3 is 20.5 Å². The predicted molar refractivity (Wildman–Crippen MR) is 128 cm³/mol. The molecule has 3 N–H and O–H groups in total. The second kappa shape index (κ2) is 10.7. The summed E-state index contributed by atoms with van der Waals surface area (Å²) in [5.74, 6) is -0.970. The maximum absolute atomic E-state index is 12.5. The average Bonchev–Trinajstić information content (AvgIpc) is 3.63. The number of nitrogens with one attached hydrogen (secondary N) is 2. The molecule has 7 heteroatoms. The number of carbonyl (C=O) groups is 3. The first kappa shape index (κ1) is 23.8. The highest BCUT2D eigenvalue weighted by atomic mass is 16.5. The Hall–Kier alpha value is -3.35. The highest BCUT2D eigenvalue weighted by Gasteiger charge is 2.33. The van der Waals surface area contributed by atoms with E-state index in [1.165, 1.54) is 22.3 Å². The molecule has 1 saturated carbocycles. The van der Waals surface area contributed by atoms with Gasteiger partial charge in [-0.3, -0.25) is 9.59 Å². The molecule has 4 rings (SSSR count). The second-order valence-electron chi connectivity index (χ2n) is 9.39. The first-order chi connectivity index (χ1) is 16.4. The summed E-state index contributed by atoms with van der Waals surface area (Å²) in [6, 6.07) is 16.4. The number of fused-ring (bicyclic) bond motifs is 3. The van der Waals surface area contributed by atoms with E-state index in [0.29, 0.717) is 31.8 Å². The SMILES string of the molecule is CC(CCNC(=O)CC(CNC(=O)OCC1c2ccccc2-c2ccccc21)C1CC1)C(=O)O. The van der Waals surface area contributed by atoms with Crippen molar-refractivity contribution in [2.75, 3.05) is 19.7 Å². The Labute approximate surface area is 199 Å². The van der Waals surface area contributed by atoms with Crippen LogP contribution in [0.15, 0.2) is 48.5 Å². The van der Waals surface area contributed by atoms with Crippen LogP contribution < -0.4 is 10.6 Å². The lowest BCUT2D eigenvalue weighted by Crippen LogP contribution is -2.35. The summed E-state index contributed by atoms with van der Waals surface area (Å²) in [6.07, 6.45) is 2.35. The third kappa shape index (κ3) is 5.76. The fourth-order valence-corrected chi connectivity index (χ4v) is 4.70. The summed E-state index contributed by atoms with van der Waals surface area (Å²) in [5, 5.41) is 14.6. The Morgan fingerprint density at radius 3 is 2.21 bits per heavy atom. The molecule has 0 radical (unpaired) electrons. The van der Waals surface area contributed by atoms with Crippen molar-refractivity contribution in [2.24, 2.45) is 17.8 Å². The van der Waals surface area contributed by atoms with E-state index in [2.05, 4.69) is 34.9 Å². The Morgan fingerprint density at radius 1 is 1.00 bits per heavy atom. The molecule has 34 heavy (non-hydrogen) atoms. The minimum Gasteiger partial charge on any atom is -0.481 e. The minimum atomic E-state index is -0.864. The molecule has 2 aromatic rings. The van der Waals surface area contributed by atoms with Crippen molar-refractivity contribution in [1.82, 2.24) is 10.6 Å². The van der Waals surface area contributed by atoms with E-state index in [9.17, 15) is 14.4 Å². The molecule has 2 aliphatic rings. The molecule has 1 fully saturated rings. The smallest absolute Gasteiger partial charge is 0.407 e. The zero-order valence-corrected chi connectivity index (χ0v) is 19.5. The fraction of sp³-hybridized carbons (Fsp3) is 0.444. The molecule has 0 spiro atoms. The maximum Gasteiger partial charge on any atom is 0.407 e. The van der Waals surface area contributed by atoms with E-state index in [0.717, 1.165) is 12.8 Å². The molecule has 2 aliphatic carbocycles. The number of hydrogen-bond donors (Lipinski definition) is 3. The van der Waals surface area contributed by atoms with Crippen LogP contribution in [0, 0.1) is 17.8 Å². The van der Waals surface area contributed by atoms with E-state index in [4.69, 9.17) is 9.84 Å². The Kier molecular flexibility index (Phi) is 7.50. The lowest BCUT2D eigenvalue weighted by Gasteiger charge is -2.18. The number of aliphatic carboxylic acids is 1. The number of alkyl carbamates (subject to hydrolysis) is 1. The molecule has 2 atom stereocenters. The number of hydrogen-bond acceptors (Lipinski definition) is 4. The number of rotatable bonds is 11. The van der Waals surface area contributed by atoms with Crippen molar-refractivity contribution in [2.45, 2.75) is 38.5 Å². The van der Waals surface area contributed by atoms with Crippen LogP contribution in [0.2, 0.25) is 0 Å². The normalized spacial score (nSPS) is 16.1. The quantitative estimate of drug-likeness (QED) is 0.463. The van der Waals surface area contributed by atoms with Crippen molar-refractivity contribution in [3.8, 4) is 11.1 Å². The molecular formula is C27H32N2O5. The van der Waals surface area contributed by atoms with Gasteiger partial charge in [0.2, 0.25) is 5.91 Å². The second-order valence-corrected chi connectivity index (χ2v) is 9.39. The first-order valence-electron chi connectivity index (χ1n) is 12.0. The Balaban J connectivity index is 1.25. The van der Waals surface area contributed by atoms with E-state index in [1.807, 2.05) is 24.3 Å². The topological polar surface area (TPSA) is 105 Å². The zero-order chi connectivity index (χ0) is 24.1. The van der Waals surface area contributed by atoms with Crippen LogP contribution in [-0.4, -0.2) is 42.8 Å². The lowest BCUT2D eigenvalue weighted by molar-refractivity contribution is -0.141. The fourth-order valence-electron chi connectivity index (χ4n) is 4.70. The summed E-state index contributed by atoms with van der Waals surface area (Å²) in [5.41, 5.74) is 4.71. The van der Waals surface area contributed by atoms with Gasteiger partial charge in [-0.2, -0.15) is 0 Å². The van der Waals surface area contributed by atoms with Gasteiger partial charge in [-0.05, 0) is 53.4 Å². The summed E-state index contributed by atoms with van der Waals surface area (Å²) >= 11 is 0. The van der Waals surface area contributed by atoms with Crippen molar-refractivity contribution in [3.05, 3.63) is 59.7 Å². The average molecular weight is 465 g/mol. The van der Waals surface area contributed by atoms with E-state index in [-0.39, 0.29) is 24.3 Å². The third-order valence-corrected chi connectivity index (χ3v) is 6.91. The first-order valence-corrected chi connectivity index (χ1v) is 12.0. The molecule has 0 heterocycles. The van der Waals surface area contributed by atoms with Crippen LogP contribution in [-0.2, 0) is 14.3 Å². The number of carboxylic acid groups (broad SMARTS) is 1. The van der Waals surface area contributed by atoms with Crippen molar-refractivity contribution < 1.29 is 24.2 Å². The lowest BCUT2D eigenvalue weighted by atomic mass is 9.98. The van der Waals surface area contributed by atoms with Crippen LogP contribution in [0.25, 0.3) is 11.1 Å². The predicted octanol–water partition coefficient (Wildman–Crippen LogP) is 4.17. The van der Waals surface area contributed by atoms with E-state index in [1.54, 1.807) is 6.92 Å². The van der Waals surface area contributed by atoms with Gasteiger partial charge in [-0.15, -0.1) is 0 Å². The van der Waals surface area contributed by atoms with Gasteiger partial charge in [0.1, 0.15) is 6.61 Å². The van der Waals surface area contributed by atoms with Gasteiger partial charge in [0.25, 0.3) is 0 Å². The Bertz CT molecular complexity index is 1000. The molecule has 0 aromatic heterocycles. The number of amides is 2. The monoisotopic (exact) mass is 464 g/mol. The summed E-state index contributed by atoms with van der Waals surface area (Å²) in [4.78, 5) is 35.7. The van der Waals surface area contributed by atoms with Gasteiger partial charge in [0.15, 0.2) is 0 Å². The molecule has 2 amide bonds. The van der Waals surface area contributed by atoms with E-state index < -0.39 is 18.0 Å². The maximum atomic E-state index is 12.5. The van der Waals surface area contributed by atoms with Crippen LogP contribution >= 0.6 is 0 Å². The molecule has 0 aliphatic heterocycles. The standard InChI is InChI=1S/C27H32N2O5/c1-17(26(31)32)12-13-28-25(30)14-19(18-10-11-18)15-29-27(33)34-16-24-22-8-4-2-6-20(22)21-7-3-5-9-23(21)24/h2-9,17-19,24H,10-16H2,1H3,(H,28,30)(H,29,33)(H,31,32). The highest BCUT2D eigenvalue weighted by Crippen LogP contribution is 2.44. The number of carboxylic acids is 1. The van der Waals surface area contributed by atoms with Crippen molar-refractivity contribution >= 4 is 18.0 Å². The van der Waals surface area contributed by atoms with Gasteiger partial charge in [0, 0.05) is 25.4 Å². The van der Waals surface area contributed by atoms with Crippen LogP contribution in [0.4, 0.5) is 4.79 Å². The molecule has 2 unspecified atom stereocenters. The van der Waals surface area contributed by atoms with Crippen LogP contribution in [0.5, 0.6) is 0 Å². The van der Waals surface area contributed by atoms with Gasteiger partial charge in [-0.25, -0.2) is 4.79 Å². The zero-order valence-electron chi connectivity index (χ0n) is 19.5. The molecule has 180 valence electrons. The Morgan fingerprint density at radius 2 is 1.62 bits per heavy atom. The van der Waals surface area contributed by atoms with Crippen LogP contribution in [0.3, 0.4) is 0 Å². The number of benzene rings is 2. The van der Waals surface area contributed by atoms with E-state index >= 15 is 0 Å². The molecule has 2 aromatic carbocycles. The summed E-state index contributed by atoms with van der Waals surface area (Å²) < 4.78 is 5.60. The summed E-state index contributed by atoms with van der Waals surface area (Å²) in [6.45, 7) is 2.61. The molecular weight excluding hydrogens is 432 g/mol. The van der Waals surface area contributed by atoms with Gasteiger partial charge >= 0.3 is 12.1 Å². The minimum absolute atomic E-state index is 0.0105. The molecule has 0 bridgehead atoms. The van der Waals surface area contributed by atoms with Gasteiger partial charge in [0.05, 0.1) is 5.92 Å². The third-order valence-electron chi connectivity index (χ3n) is 6.91. The van der Waals surface area contributed by atoms with Crippen LogP contribution in [0.1, 0.15) is 49.7 Å².